The van der Waals surface area contributed by atoms with Gasteiger partial charge in [-0.25, -0.2) is 9.59 Å². The van der Waals surface area contributed by atoms with E-state index >= 15 is 0 Å². The molecular weight excluding hydrogens is 288 g/mol. The van der Waals surface area contributed by atoms with Gasteiger partial charge in [-0.15, -0.1) is 0 Å². The van der Waals surface area contributed by atoms with E-state index < -0.39 is 18.0 Å². The fourth-order valence-corrected chi connectivity index (χ4v) is 2.08. The van der Waals surface area contributed by atoms with Crippen LogP contribution in [0.15, 0.2) is 22.6 Å². The number of rotatable bonds is 5. The highest BCUT2D eigenvalue weighted by atomic mass is 16.6. The van der Waals surface area contributed by atoms with Gasteiger partial charge < -0.3 is 18.6 Å². The van der Waals surface area contributed by atoms with Crippen LogP contribution in [0.3, 0.4) is 0 Å². The first-order valence-electron chi connectivity index (χ1n) is 6.92. The fourth-order valence-electron chi connectivity index (χ4n) is 2.08. The lowest BCUT2D eigenvalue weighted by molar-refractivity contribution is -0.149. The number of benzene rings is 1. The molecule has 0 spiro atoms. The van der Waals surface area contributed by atoms with Crippen LogP contribution in [0.25, 0.3) is 11.0 Å². The molecule has 0 N–H and O–H groups in total. The zero-order valence-electron chi connectivity index (χ0n) is 13.0. The molecule has 1 aromatic carbocycles. The Hall–Kier alpha value is -2.50. The van der Waals surface area contributed by atoms with Crippen molar-refractivity contribution in [1.29, 1.82) is 0 Å². The maximum absolute atomic E-state index is 12.1. The molecular formula is C16H18O6. The van der Waals surface area contributed by atoms with Gasteiger partial charge in [0.2, 0.25) is 5.76 Å². The first-order chi connectivity index (χ1) is 10.5. The first-order valence-corrected chi connectivity index (χ1v) is 6.92. The molecule has 1 atom stereocenters. The molecule has 0 aliphatic rings. The smallest absolute Gasteiger partial charge is 0.375 e. The Balaban J connectivity index is 2.29. The van der Waals surface area contributed by atoms with Gasteiger partial charge in [0, 0.05) is 10.9 Å². The Morgan fingerprint density at radius 2 is 2.05 bits per heavy atom. The van der Waals surface area contributed by atoms with E-state index in [0.717, 1.165) is 5.39 Å². The summed E-state index contributed by atoms with van der Waals surface area (Å²) >= 11 is 0. The highest BCUT2D eigenvalue weighted by Gasteiger charge is 2.24. The summed E-state index contributed by atoms with van der Waals surface area (Å²) in [4.78, 5) is 23.4. The van der Waals surface area contributed by atoms with Crippen LogP contribution in [0.1, 0.15) is 30.0 Å². The maximum atomic E-state index is 12.1. The fraction of sp³-hybridized carbons (Fsp3) is 0.375. The Bertz CT molecular complexity index is 700. The molecule has 6 nitrogen and oxygen atoms in total. The third-order valence-electron chi connectivity index (χ3n) is 3.22. The molecule has 0 aliphatic heterocycles. The largest absolute Gasteiger partial charge is 0.494 e. The molecule has 118 valence electrons. The Morgan fingerprint density at radius 3 is 2.68 bits per heavy atom. The third kappa shape index (κ3) is 3.05. The second kappa shape index (κ2) is 6.51. The summed E-state index contributed by atoms with van der Waals surface area (Å²) in [6, 6.07) is 5.30. The number of esters is 2. The van der Waals surface area contributed by atoms with Crippen molar-refractivity contribution in [2.45, 2.75) is 26.9 Å². The highest BCUT2D eigenvalue weighted by molar-refractivity contribution is 5.97. The maximum Gasteiger partial charge on any atom is 0.375 e. The number of ether oxygens (including phenoxy) is 3. The van der Waals surface area contributed by atoms with E-state index in [0.29, 0.717) is 23.5 Å². The number of furan rings is 1. The van der Waals surface area contributed by atoms with Crippen molar-refractivity contribution in [2.24, 2.45) is 0 Å². The summed E-state index contributed by atoms with van der Waals surface area (Å²) in [6.07, 6.45) is -0.996. The molecule has 0 unspecified atom stereocenters. The number of methoxy groups -OCH3 is 1. The van der Waals surface area contributed by atoms with E-state index in [4.69, 9.17) is 13.9 Å². The van der Waals surface area contributed by atoms with Crippen molar-refractivity contribution in [2.75, 3.05) is 13.7 Å². The van der Waals surface area contributed by atoms with Gasteiger partial charge in [-0.3, -0.25) is 0 Å². The SMILES string of the molecule is CCOc1ccc2oc(C(=O)O[C@@H](C)C(=O)OC)c(C)c2c1. The van der Waals surface area contributed by atoms with E-state index in [2.05, 4.69) is 4.74 Å². The number of carbonyl (C=O) groups excluding carboxylic acids is 2. The summed E-state index contributed by atoms with van der Waals surface area (Å²) in [7, 11) is 1.23. The lowest BCUT2D eigenvalue weighted by atomic mass is 10.1. The monoisotopic (exact) mass is 306 g/mol. The van der Waals surface area contributed by atoms with Crippen LogP contribution in [0.5, 0.6) is 5.75 Å². The molecule has 2 rings (SSSR count). The Labute approximate surface area is 127 Å². The molecule has 2 aromatic rings. The standard InChI is InChI=1S/C16H18O6/c1-5-20-11-6-7-13-12(8-11)9(2)14(22-13)16(18)21-10(3)15(17)19-4/h6-8,10H,5H2,1-4H3/t10-/m0/s1. The molecule has 22 heavy (non-hydrogen) atoms. The minimum Gasteiger partial charge on any atom is -0.494 e. The van der Waals surface area contributed by atoms with Crippen LogP contribution in [-0.4, -0.2) is 31.8 Å². The van der Waals surface area contributed by atoms with Gasteiger partial charge in [-0.2, -0.15) is 0 Å². The predicted molar refractivity (Wildman–Crippen MR) is 79.0 cm³/mol. The van der Waals surface area contributed by atoms with Crippen LogP contribution < -0.4 is 4.74 Å². The molecule has 6 heteroatoms. The van der Waals surface area contributed by atoms with Gasteiger partial charge >= 0.3 is 11.9 Å². The zero-order chi connectivity index (χ0) is 16.3. The van der Waals surface area contributed by atoms with E-state index in [-0.39, 0.29) is 5.76 Å². The normalized spacial score (nSPS) is 12.0. The minimum atomic E-state index is -0.996. The zero-order valence-corrected chi connectivity index (χ0v) is 13.0. The van der Waals surface area contributed by atoms with Gasteiger partial charge in [0.25, 0.3) is 0 Å². The molecule has 0 saturated heterocycles. The van der Waals surface area contributed by atoms with Crippen LogP contribution in [0.2, 0.25) is 0 Å². The Morgan fingerprint density at radius 1 is 1.32 bits per heavy atom. The van der Waals surface area contributed by atoms with Gasteiger partial charge in [0.15, 0.2) is 6.10 Å². The second-order valence-electron chi connectivity index (χ2n) is 4.72. The Kier molecular flexibility index (Phi) is 4.70. The van der Waals surface area contributed by atoms with Crippen LogP contribution in [0.4, 0.5) is 0 Å². The molecule has 1 heterocycles. The summed E-state index contributed by atoms with van der Waals surface area (Å²) in [5.74, 6) is -0.563. The molecule has 0 bridgehead atoms. The van der Waals surface area contributed by atoms with Crippen LogP contribution >= 0.6 is 0 Å². The van der Waals surface area contributed by atoms with Crippen molar-refractivity contribution >= 4 is 22.9 Å². The number of hydrogen-bond acceptors (Lipinski definition) is 6. The summed E-state index contributed by atoms with van der Waals surface area (Å²) in [6.45, 7) is 5.63. The topological polar surface area (TPSA) is 75.0 Å². The molecule has 0 fully saturated rings. The molecule has 0 amide bonds. The third-order valence-corrected chi connectivity index (χ3v) is 3.22. The predicted octanol–water partition coefficient (Wildman–Crippen LogP) is 2.86. The van der Waals surface area contributed by atoms with Crippen molar-refractivity contribution in [3.05, 3.63) is 29.5 Å². The van der Waals surface area contributed by atoms with E-state index in [9.17, 15) is 9.59 Å². The highest BCUT2D eigenvalue weighted by Crippen LogP contribution is 2.29. The molecule has 1 aromatic heterocycles. The number of hydrogen-bond donors (Lipinski definition) is 0. The van der Waals surface area contributed by atoms with Gasteiger partial charge in [0.1, 0.15) is 11.3 Å². The van der Waals surface area contributed by atoms with Crippen molar-refractivity contribution < 1.29 is 28.2 Å². The molecule has 0 radical (unpaired) electrons. The van der Waals surface area contributed by atoms with Crippen molar-refractivity contribution in [1.82, 2.24) is 0 Å². The van der Waals surface area contributed by atoms with Gasteiger partial charge in [-0.05, 0) is 39.0 Å². The summed E-state index contributed by atoms with van der Waals surface area (Å²) in [5, 5.41) is 0.767. The number of fused-ring (bicyclic) bond motifs is 1. The van der Waals surface area contributed by atoms with Gasteiger partial charge in [-0.1, -0.05) is 0 Å². The number of carbonyl (C=O) groups is 2. The van der Waals surface area contributed by atoms with E-state index in [1.165, 1.54) is 14.0 Å². The summed E-state index contributed by atoms with van der Waals surface area (Å²) < 4.78 is 20.5. The lowest BCUT2D eigenvalue weighted by Gasteiger charge is -2.09. The molecule has 0 saturated carbocycles. The lowest BCUT2D eigenvalue weighted by Crippen LogP contribution is -2.25. The van der Waals surface area contributed by atoms with Crippen molar-refractivity contribution in [3.63, 3.8) is 0 Å². The quantitative estimate of drug-likeness (QED) is 0.791. The first kappa shape index (κ1) is 15.9. The molecule has 0 aliphatic carbocycles. The second-order valence-corrected chi connectivity index (χ2v) is 4.72. The van der Waals surface area contributed by atoms with E-state index in [1.807, 2.05) is 6.92 Å². The average molecular weight is 306 g/mol. The number of aryl methyl sites for hydroxylation is 1. The average Bonchev–Trinajstić information content (AvgIpc) is 2.83. The van der Waals surface area contributed by atoms with Crippen LogP contribution in [-0.2, 0) is 14.3 Å². The summed E-state index contributed by atoms with van der Waals surface area (Å²) in [5.41, 5.74) is 1.19. The minimum absolute atomic E-state index is 0.0689. The van der Waals surface area contributed by atoms with E-state index in [1.54, 1.807) is 25.1 Å². The van der Waals surface area contributed by atoms with Crippen LogP contribution in [0, 0.1) is 6.92 Å². The van der Waals surface area contributed by atoms with Gasteiger partial charge in [0.05, 0.1) is 13.7 Å². The van der Waals surface area contributed by atoms with Crippen molar-refractivity contribution in [3.8, 4) is 5.75 Å².